The Morgan fingerprint density at radius 3 is 2.64 bits per heavy atom. The first-order chi connectivity index (χ1) is 13.0. The number of amides is 1. The molecule has 1 saturated heterocycles. The van der Waals surface area contributed by atoms with Crippen LogP contribution in [0.1, 0.15) is 48.9 Å². The van der Waals surface area contributed by atoms with Crippen LogP contribution < -0.4 is 5.32 Å². The van der Waals surface area contributed by atoms with Crippen LogP contribution in [0.4, 0.5) is 13.2 Å². The van der Waals surface area contributed by atoms with Gasteiger partial charge in [-0.15, -0.1) is 0 Å². The van der Waals surface area contributed by atoms with E-state index in [1.54, 1.807) is 13.8 Å². The topological polar surface area (TPSA) is 93.5 Å². The second-order valence-electron chi connectivity index (χ2n) is 7.21. The molecular formula is C18H20F3N3O4. The van der Waals surface area contributed by atoms with Crippen molar-refractivity contribution in [3.63, 3.8) is 0 Å². The van der Waals surface area contributed by atoms with E-state index in [1.165, 1.54) is 18.2 Å². The molecule has 2 aromatic rings. The molecule has 152 valence electrons. The van der Waals surface area contributed by atoms with E-state index >= 15 is 0 Å². The molecule has 1 fully saturated rings. The molecule has 3 rings (SSSR count). The number of imidazole rings is 1. The fourth-order valence-electron chi connectivity index (χ4n) is 3.45. The summed E-state index contributed by atoms with van der Waals surface area (Å²) in [6, 6.07) is 3.63. The van der Waals surface area contributed by atoms with Gasteiger partial charge in [0.05, 0.1) is 29.6 Å². The number of carboxylic acids is 1. The molecule has 1 aliphatic rings. The predicted molar refractivity (Wildman–Crippen MR) is 93.0 cm³/mol. The summed E-state index contributed by atoms with van der Waals surface area (Å²) in [5.41, 5.74) is -0.620. The highest BCUT2D eigenvalue weighted by Gasteiger charge is 2.40. The van der Waals surface area contributed by atoms with Crippen LogP contribution in [0.2, 0.25) is 0 Å². The number of fused-ring (bicyclic) bond motifs is 1. The minimum Gasteiger partial charge on any atom is -0.481 e. The second-order valence-corrected chi connectivity index (χ2v) is 7.21. The van der Waals surface area contributed by atoms with Crippen molar-refractivity contribution in [1.29, 1.82) is 0 Å². The normalized spacial score (nSPS) is 20.1. The van der Waals surface area contributed by atoms with Gasteiger partial charge in [-0.25, -0.2) is 4.98 Å². The number of benzene rings is 1. The first kappa shape index (κ1) is 20.1. The van der Waals surface area contributed by atoms with Crippen molar-refractivity contribution in [3.8, 4) is 0 Å². The lowest BCUT2D eigenvalue weighted by Gasteiger charge is -2.27. The van der Waals surface area contributed by atoms with Crippen LogP contribution in [0.25, 0.3) is 11.0 Å². The number of aromatic nitrogens is 2. The van der Waals surface area contributed by atoms with Crippen molar-refractivity contribution in [2.75, 3.05) is 13.2 Å². The van der Waals surface area contributed by atoms with E-state index in [2.05, 4.69) is 10.3 Å². The van der Waals surface area contributed by atoms with Crippen LogP contribution in [0, 0.1) is 0 Å². The summed E-state index contributed by atoms with van der Waals surface area (Å²) >= 11 is 0. The van der Waals surface area contributed by atoms with Crippen molar-refractivity contribution >= 4 is 22.9 Å². The molecule has 1 aromatic carbocycles. The fraction of sp³-hybridized carbons (Fsp3) is 0.500. The Bertz CT molecular complexity index is 915. The summed E-state index contributed by atoms with van der Waals surface area (Å²) in [5, 5.41) is 11.8. The summed E-state index contributed by atoms with van der Waals surface area (Å²) in [4.78, 5) is 27.4. The molecule has 2 heterocycles. The second kappa shape index (κ2) is 7.08. The third kappa shape index (κ3) is 3.82. The van der Waals surface area contributed by atoms with E-state index in [4.69, 9.17) is 9.84 Å². The Balaban J connectivity index is 1.96. The van der Waals surface area contributed by atoms with Gasteiger partial charge < -0.3 is 19.7 Å². The summed E-state index contributed by atoms with van der Waals surface area (Å²) in [6.45, 7) is 3.62. The van der Waals surface area contributed by atoms with E-state index in [9.17, 15) is 22.8 Å². The van der Waals surface area contributed by atoms with Crippen LogP contribution in [0.3, 0.4) is 0 Å². The number of nitrogens with zero attached hydrogens (tertiary/aromatic N) is 2. The number of hydrogen-bond donors (Lipinski definition) is 2. The molecule has 0 aliphatic carbocycles. The molecule has 1 aromatic heterocycles. The van der Waals surface area contributed by atoms with E-state index in [1.807, 2.05) is 0 Å². The van der Waals surface area contributed by atoms with Crippen LogP contribution in [0.5, 0.6) is 0 Å². The third-order valence-corrected chi connectivity index (χ3v) is 4.69. The van der Waals surface area contributed by atoms with Crippen molar-refractivity contribution in [3.05, 3.63) is 29.6 Å². The zero-order valence-electron chi connectivity index (χ0n) is 15.3. The zero-order valence-corrected chi connectivity index (χ0v) is 15.3. The Morgan fingerprint density at radius 2 is 2.11 bits per heavy atom. The van der Waals surface area contributed by atoms with Gasteiger partial charge in [-0.05, 0) is 38.5 Å². The highest BCUT2D eigenvalue weighted by Crippen LogP contribution is 2.34. The average Bonchev–Trinajstić information content (AvgIpc) is 3.17. The molecule has 0 radical (unpaired) electrons. The fourth-order valence-corrected chi connectivity index (χ4v) is 3.45. The van der Waals surface area contributed by atoms with E-state index < -0.39 is 35.5 Å². The molecule has 2 N–H and O–H groups in total. The molecule has 0 bridgehead atoms. The van der Waals surface area contributed by atoms with Gasteiger partial charge in [0.15, 0.2) is 0 Å². The number of carboxylic acid groups (broad SMARTS) is 1. The summed E-state index contributed by atoms with van der Waals surface area (Å²) in [6.07, 6.45) is -4.59. The number of hydrogen-bond acceptors (Lipinski definition) is 4. The van der Waals surface area contributed by atoms with Crippen molar-refractivity contribution in [1.82, 2.24) is 14.9 Å². The molecule has 10 heteroatoms. The summed E-state index contributed by atoms with van der Waals surface area (Å²) < 4.78 is 46.3. The number of carbonyl (C=O) groups excluding carboxylic acids is 1. The lowest BCUT2D eigenvalue weighted by molar-refractivity contribution is -0.147. The molecule has 0 spiro atoms. The molecule has 7 nitrogen and oxygen atoms in total. The largest absolute Gasteiger partial charge is 0.481 e. The number of nitrogens with one attached hydrogen (secondary N) is 1. The Kier molecular flexibility index (Phi) is 5.09. The Hall–Kier alpha value is -2.62. The van der Waals surface area contributed by atoms with Crippen LogP contribution in [0.15, 0.2) is 18.2 Å². The minimum absolute atomic E-state index is 0.0450. The van der Waals surface area contributed by atoms with E-state index in [-0.39, 0.29) is 29.6 Å². The SMILES string of the molecule is CC(C)n1c(C(F)(F)F)nc2cc(C(=O)NC3(CC(=O)O)CCOC3)ccc21. The van der Waals surface area contributed by atoms with Gasteiger partial charge in [-0.2, -0.15) is 13.2 Å². The van der Waals surface area contributed by atoms with Gasteiger partial charge in [0.25, 0.3) is 5.91 Å². The predicted octanol–water partition coefficient (Wildman–Crippen LogP) is 3.00. The molecule has 1 atom stereocenters. The van der Waals surface area contributed by atoms with Gasteiger partial charge in [-0.3, -0.25) is 9.59 Å². The van der Waals surface area contributed by atoms with Gasteiger partial charge in [-0.1, -0.05) is 0 Å². The standard InChI is InChI=1S/C18H20F3N3O4/c1-10(2)24-13-4-3-11(7-12(13)22-16(24)18(19,20)21)15(27)23-17(8-14(25)26)5-6-28-9-17/h3-4,7,10H,5-6,8-9H2,1-2H3,(H,23,27)(H,25,26). The number of ether oxygens (including phenoxy) is 1. The zero-order chi connectivity index (χ0) is 20.7. The van der Waals surface area contributed by atoms with Crippen LogP contribution in [-0.2, 0) is 15.7 Å². The molecule has 0 saturated carbocycles. The average molecular weight is 399 g/mol. The monoisotopic (exact) mass is 399 g/mol. The number of carbonyl (C=O) groups is 2. The van der Waals surface area contributed by atoms with Crippen molar-refractivity contribution < 1.29 is 32.6 Å². The smallest absolute Gasteiger partial charge is 0.449 e. The number of halogens is 3. The first-order valence-electron chi connectivity index (χ1n) is 8.74. The van der Waals surface area contributed by atoms with Crippen molar-refractivity contribution in [2.24, 2.45) is 0 Å². The minimum atomic E-state index is -4.63. The Labute approximate surface area is 158 Å². The molecule has 28 heavy (non-hydrogen) atoms. The quantitative estimate of drug-likeness (QED) is 0.806. The highest BCUT2D eigenvalue weighted by atomic mass is 19.4. The van der Waals surface area contributed by atoms with E-state index in [0.29, 0.717) is 13.0 Å². The van der Waals surface area contributed by atoms with E-state index in [0.717, 1.165) is 4.57 Å². The summed E-state index contributed by atoms with van der Waals surface area (Å²) in [7, 11) is 0. The highest BCUT2D eigenvalue weighted by molar-refractivity contribution is 5.98. The lowest BCUT2D eigenvalue weighted by Crippen LogP contribution is -2.50. The van der Waals surface area contributed by atoms with Gasteiger partial charge in [0.2, 0.25) is 5.82 Å². The molecule has 1 unspecified atom stereocenters. The maximum absolute atomic E-state index is 13.3. The molecule has 1 amide bonds. The number of rotatable bonds is 5. The third-order valence-electron chi connectivity index (χ3n) is 4.69. The van der Waals surface area contributed by atoms with Gasteiger partial charge >= 0.3 is 12.1 Å². The van der Waals surface area contributed by atoms with Crippen molar-refractivity contribution in [2.45, 2.75) is 44.4 Å². The molecule has 1 aliphatic heterocycles. The summed E-state index contributed by atoms with van der Waals surface area (Å²) in [5.74, 6) is -2.69. The van der Waals surface area contributed by atoms with Gasteiger partial charge in [0, 0.05) is 18.2 Å². The number of alkyl halides is 3. The van der Waals surface area contributed by atoms with Crippen LogP contribution in [-0.4, -0.2) is 45.3 Å². The Morgan fingerprint density at radius 1 is 1.39 bits per heavy atom. The number of aliphatic carboxylic acids is 1. The lowest BCUT2D eigenvalue weighted by atomic mass is 9.93. The molecular weight excluding hydrogens is 379 g/mol. The first-order valence-corrected chi connectivity index (χ1v) is 8.74. The van der Waals surface area contributed by atoms with Crippen LogP contribution >= 0.6 is 0 Å². The maximum Gasteiger partial charge on any atom is 0.449 e. The maximum atomic E-state index is 13.3. The van der Waals surface area contributed by atoms with Gasteiger partial charge in [0.1, 0.15) is 0 Å².